The predicted molar refractivity (Wildman–Crippen MR) is 85.4 cm³/mol. The summed E-state index contributed by atoms with van der Waals surface area (Å²) in [6.45, 7) is 1.95. The van der Waals surface area contributed by atoms with Gasteiger partial charge in [-0.25, -0.2) is 0 Å². The summed E-state index contributed by atoms with van der Waals surface area (Å²) in [6, 6.07) is 10.9. The van der Waals surface area contributed by atoms with E-state index >= 15 is 0 Å². The summed E-state index contributed by atoms with van der Waals surface area (Å²) >= 11 is 6.72. The van der Waals surface area contributed by atoms with Crippen LogP contribution in [-0.4, -0.2) is 5.91 Å². The molecule has 0 saturated carbocycles. The van der Waals surface area contributed by atoms with Crippen LogP contribution in [0.5, 0.6) is 0 Å². The Morgan fingerprint density at radius 2 is 1.74 bits per heavy atom. The van der Waals surface area contributed by atoms with Gasteiger partial charge in [-0.1, -0.05) is 37.9 Å². The molecule has 0 aliphatic heterocycles. The maximum Gasteiger partial charge on any atom is 0.255 e. The third-order valence-electron chi connectivity index (χ3n) is 2.58. The molecule has 0 unspecified atom stereocenters. The monoisotopic (exact) mass is 382 g/mol. The number of carbonyl (C=O) groups excluding carboxylic acids is 1. The number of carbonyl (C=O) groups is 1. The topological polar surface area (TPSA) is 55.1 Å². The van der Waals surface area contributed by atoms with Gasteiger partial charge in [-0.2, -0.15) is 0 Å². The molecule has 0 saturated heterocycles. The van der Waals surface area contributed by atoms with Gasteiger partial charge < -0.3 is 11.1 Å². The summed E-state index contributed by atoms with van der Waals surface area (Å²) < 4.78 is 1.67. The predicted octanol–water partition coefficient (Wildman–Crippen LogP) is 4.35. The number of aryl methyl sites for hydroxylation is 1. The van der Waals surface area contributed by atoms with Crippen LogP contribution in [0.25, 0.3) is 0 Å². The van der Waals surface area contributed by atoms with Crippen molar-refractivity contribution >= 4 is 49.1 Å². The van der Waals surface area contributed by atoms with E-state index in [0.717, 1.165) is 14.5 Å². The molecule has 2 aromatic carbocycles. The zero-order chi connectivity index (χ0) is 14.0. The van der Waals surface area contributed by atoms with Gasteiger partial charge in [0.1, 0.15) is 0 Å². The van der Waals surface area contributed by atoms with Crippen molar-refractivity contribution in [3.8, 4) is 0 Å². The SMILES string of the molecule is Cc1ccc(N)c(NC(=O)c2cc(Br)cc(Br)c2)c1. The Kier molecular flexibility index (Phi) is 4.27. The quantitative estimate of drug-likeness (QED) is 0.757. The van der Waals surface area contributed by atoms with Crippen molar-refractivity contribution in [1.29, 1.82) is 0 Å². The summed E-state index contributed by atoms with van der Waals surface area (Å²) in [5.41, 5.74) is 8.62. The first-order chi connectivity index (χ1) is 8.95. The molecule has 0 atom stereocenters. The second-order valence-electron chi connectivity index (χ2n) is 4.20. The average molecular weight is 384 g/mol. The smallest absolute Gasteiger partial charge is 0.255 e. The molecular formula is C14H12Br2N2O. The number of anilines is 2. The number of benzene rings is 2. The maximum atomic E-state index is 12.2. The summed E-state index contributed by atoms with van der Waals surface area (Å²) in [5.74, 6) is -0.195. The van der Waals surface area contributed by atoms with Crippen molar-refractivity contribution in [1.82, 2.24) is 0 Å². The first-order valence-corrected chi connectivity index (χ1v) is 7.18. The van der Waals surface area contributed by atoms with Crippen LogP contribution in [0.15, 0.2) is 45.3 Å². The van der Waals surface area contributed by atoms with E-state index in [1.165, 1.54) is 0 Å². The molecule has 1 amide bonds. The molecule has 2 rings (SSSR count). The molecule has 19 heavy (non-hydrogen) atoms. The summed E-state index contributed by atoms with van der Waals surface area (Å²) in [7, 11) is 0. The maximum absolute atomic E-state index is 12.2. The molecular weight excluding hydrogens is 372 g/mol. The second kappa shape index (κ2) is 5.75. The minimum atomic E-state index is -0.195. The van der Waals surface area contributed by atoms with Crippen LogP contribution in [0, 0.1) is 6.92 Å². The summed E-state index contributed by atoms with van der Waals surface area (Å²) in [6.07, 6.45) is 0. The van der Waals surface area contributed by atoms with Gasteiger partial charge in [0.05, 0.1) is 11.4 Å². The molecule has 3 nitrogen and oxygen atoms in total. The van der Waals surface area contributed by atoms with E-state index in [1.807, 2.05) is 25.1 Å². The number of rotatable bonds is 2. The van der Waals surface area contributed by atoms with E-state index in [2.05, 4.69) is 37.2 Å². The fraction of sp³-hybridized carbons (Fsp3) is 0.0714. The van der Waals surface area contributed by atoms with E-state index in [1.54, 1.807) is 18.2 Å². The Morgan fingerprint density at radius 1 is 1.11 bits per heavy atom. The van der Waals surface area contributed by atoms with Crippen LogP contribution < -0.4 is 11.1 Å². The number of nitrogens with two attached hydrogens (primary N) is 1. The van der Waals surface area contributed by atoms with E-state index in [9.17, 15) is 4.79 Å². The van der Waals surface area contributed by atoms with Gasteiger partial charge in [-0.05, 0) is 42.8 Å². The Morgan fingerprint density at radius 3 is 2.37 bits per heavy atom. The first kappa shape index (κ1) is 14.1. The molecule has 98 valence electrons. The van der Waals surface area contributed by atoms with Crippen LogP contribution >= 0.6 is 31.9 Å². The van der Waals surface area contributed by atoms with E-state index in [-0.39, 0.29) is 5.91 Å². The van der Waals surface area contributed by atoms with Gasteiger partial charge in [0.15, 0.2) is 0 Å². The number of nitrogen functional groups attached to an aromatic ring is 1. The molecule has 3 N–H and O–H groups in total. The van der Waals surface area contributed by atoms with Crippen molar-refractivity contribution in [2.75, 3.05) is 11.1 Å². The number of halogens is 2. The molecule has 0 radical (unpaired) electrons. The van der Waals surface area contributed by atoms with Crippen molar-refractivity contribution in [2.24, 2.45) is 0 Å². The largest absolute Gasteiger partial charge is 0.397 e. The molecule has 0 aromatic heterocycles. The van der Waals surface area contributed by atoms with E-state index in [4.69, 9.17) is 5.73 Å². The third-order valence-corrected chi connectivity index (χ3v) is 3.50. The van der Waals surface area contributed by atoms with Crippen LogP contribution in [-0.2, 0) is 0 Å². The Bertz CT molecular complexity index is 621. The average Bonchev–Trinajstić information content (AvgIpc) is 2.32. The van der Waals surface area contributed by atoms with Gasteiger partial charge in [-0.15, -0.1) is 0 Å². The van der Waals surface area contributed by atoms with E-state index in [0.29, 0.717) is 16.9 Å². The fourth-order valence-electron chi connectivity index (χ4n) is 1.66. The molecule has 0 aliphatic carbocycles. The lowest BCUT2D eigenvalue weighted by Crippen LogP contribution is -2.13. The molecule has 0 bridgehead atoms. The highest BCUT2D eigenvalue weighted by Crippen LogP contribution is 2.23. The molecule has 0 fully saturated rings. The zero-order valence-corrected chi connectivity index (χ0v) is 13.4. The Hall–Kier alpha value is -1.33. The lowest BCUT2D eigenvalue weighted by molar-refractivity contribution is 0.102. The van der Waals surface area contributed by atoms with Crippen molar-refractivity contribution in [2.45, 2.75) is 6.92 Å². The normalized spacial score (nSPS) is 10.3. The van der Waals surface area contributed by atoms with Crippen LogP contribution in [0.3, 0.4) is 0 Å². The van der Waals surface area contributed by atoms with Crippen molar-refractivity contribution < 1.29 is 4.79 Å². The molecule has 0 aliphatic rings. The highest BCUT2D eigenvalue weighted by atomic mass is 79.9. The summed E-state index contributed by atoms with van der Waals surface area (Å²) in [5, 5.41) is 2.82. The number of nitrogens with one attached hydrogen (secondary N) is 1. The highest BCUT2D eigenvalue weighted by molar-refractivity contribution is 9.11. The molecule has 0 heterocycles. The fourth-order valence-corrected chi connectivity index (χ4v) is 2.95. The highest BCUT2D eigenvalue weighted by Gasteiger charge is 2.09. The lowest BCUT2D eigenvalue weighted by Gasteiger charge is -2.09. The number of hydrogen-bond acceptors (Lipinski definition) is 2. The van der Waals surface area contributed by atoms with Gasteiger partial charge in [0.2, 0.25) is 0 Å². The number of hydrogen-bond donors (Lipinski definition) is 2. The van der Waals surface area contributed by atoms with Crippen molar-refractivity contribution in [3.63, 3.8) is 0 Å². The second-order valence-corrected chi connectivity index (χ2v) is 6.03. The minimum Gasteiger partial charge on any atom is -0.397 e. The van der Waals surface area contributed by atoms with Gasteiger partial charge in [0, 0.05) is 14.5 Å². The molecule has 5 heteroatoms. The Labute approximate surface area is 128 Å². The van der Waals surface area contributed by atoms with Crippen LogP contribution in [0.4, 0.5) is 11.4 Å². The molecule has 2 aromatic rings. The minimum absolute atomic E-state index is 0.195. The van der Waals surface area contributed by atoms with Crippen LogP contribution in [0.1, 0.15) is 15.9 Å². The third kappa shape index (κ3) is 3.58. The van der Waals surface area contributed by atoms with Crippen LogP contribution in [0.2, 0.25) is 0 Å². The lowest BCUT2D eigenvalue weighted by atomic mass is 10.1. The number of amides is 1. The van der Waals surface area contributed by atoms with Gasteiger partial charge in [0.25, 0.3) is 5.91 Å². The van der Waals surface area contributed by atoms with Gasteiger partial charge in [-0.3, -0.25) is 4.79 Å². The van der Waals surface area contributed by atoms with Crippen molar-refractivity contribution in [3.05, 3.63) is 56.5 Å². The summed E-state index contributed by atoms with van der Waals surface area (Å²) in [4.78, 5) is 12.2. The standard InChI is InChI=1S/C14H12Br2N2O/c1-8-2-3-12(17)13(4-8)18-14(19)9-5-10(15)7-11(16)6-9/h2-7H,17H2,1H3,(H,18,19). The first-order valence-electron chi connectivity index (χ1n) is 5.59. The zero-order valence-electron chi connectivity index (χ0n) is 10.2. The molecule has 0 spiro atoms. The van der Waals surface area contributed by atoms with Gasteiger partial charge >= 0.3 is 0 Å². The van der Waals surface area contributed by atoms with E-state index < -0.39 is 0 Å². The Balaban J connectivity index is 2.28.